The first kappa shape index (κ1) is 11.7. The molecule has 0 unspecified atom stereocenters. The Morgan fingerprint density at radius 1 is 1.10 bits per heavy atom. The number of benzene rings is 1. The van der Waals surface area contributed by atoms with Crippen LogP contribution in [0.15, 0.2) is 41.3 Å². The lowest BCUT2D eigenvalue weighted by atomic mass is 10.0. The highest BCUT2D eigenvalue weighted by Crippen LogP contribution is 2.40. The maximum absolute atomic E-state index is 5.88. The van der Waals surface area contributed by atoms with Crippen LogP contribution in [0.4, 0.5) is 5.88 Å². The van der Waals surface area contributed by atoms with Crippen LogP contribution in [0.5, 0.6) is 11.5 Å². The fraction of sp³-hybridized carbons (Fsp3) is 0.0714. The summed E-state index contributed by atoms with van der Waals surface area (Å²) >= 11 is 0. The van der Waals surface area contributed by atoms with Gasteiger partial charge in [-0.05, 0) is 24.3 Å². The van der Waals surface area contributed by atoms with Crippen molar-refractivity contribution in [2.75, 3.05) is 12.5 Å². The Morgan fingerprint density at radius 3 is 2.86 bits per heavy atom. The van der Waals surface area contributed by atoms with Crippen LogP contribution in [0.3, 0.4) is 0 Å². The molecule has 3 aromatic rings. The highest BCUT2D eigenvalue weighted by Gasteiger charge is 2.21. The van der Waals surface area contributed by atoms with Gasteiger partial charge >= 0.3 is 0 Å². The van der Waals surface area contributed by atoms with Crippen LogP contribution in [-0.4, -0.2) is 21.9 Å². The second-order valence-electron chi connectivity index (χ2n) is 4.43. The number of hydrogen-bond acceptors (Lipinski definition) is 7. The zero-order valence-electron chi connectivity index (χ0n) is 10.8. The first-order valence-corrected chi connectivity index (χ1v) is 6.24. The van der Waals surface area contributed by atoms with Gasteiger partial charge < -0.3 is 19.7 Å². The summed E-state index contributed by atoms with van der Waals surface area (Å²) in [6, 6.07) is 7.28. The van der Waals surface area contributed by atoms with E-state index < -0.39 is 0 Å². The van der Waals surface area contributed by atoms with Gasteiger partial charge in [-0.25, -0.2) is 9.97 Å². The van der Waals surface area contributed by atoms with E-state index in [1.54, 1.807) is 12.3 Å². The Hall–Kier alpha value is -3.09. The smallest absolute Gasteiger partial charge is 0.232 e. The van der Waals surface area contributed by atoms with E-state index in [2.05, 4.69) is 15.1 Å². The lowest BCUT2D eigenvalue weighted by Gasteiger charge is -2.03. The quantitative estimate of drug-likeness (QED) is 0.768. The maximum Gasteiger partial charge on any atom is 0.232 e. The summed E-state index contributed by atoms with van der Waals surface area (Å²) in [4.78, 5) is 8.09. The Morgan fingerprint density at radius 2 is 2.00 bits per heavy atom. The van der Waals surface area contributed by atoms with Crippen LogP contribution in [0, 0.1) is 0 Å². The normalized spacial score (nSPS) is 12.6. The lowest BCUT2D eigenvalue weighted by molar-refractivity contribution is 0.174. The molecule has 0 atom stereocenters. The van der Waals surface area contributed by atoms with E-state index in [0.29, 0.717) is 28.5 Å². The Kier molecular flexibility index (Phi) is 2.50. The van der Waals surface area contributed by atoms with Crippen LogP contribution in [0.25, 0.3) is 22.5 Å². The van der Waals surface area contributed by atoms with E-state index in [4.69, 9.17) is 19.7 Å². The van der Waals surface area contributed by atoms with Gasteiger partial charge in [0.25, 0.3) is 0 Å². The van der Waals surface area contributed by atoms with Crippen LogP contribution in [0.1, 0.15) is 0 Å². The fourth-order valence-electron chi connectivity index (χ4n) is 2.23. The minimum absolute atomic E-state index is 0.210. The third-order valence-electron chi connectivity index (χ3n) is 3.20. The summed E-state index contributed by atoms with van der Waals surface area (Å²) in [6.45, 7) is 0.221. The van der Waals surface area contributed by atoms with Crippen LogP contribution < -0.4 is 15.2 Å². The molecular formula is C14H10N4O3. The van der Waals surface area contributed by atoms with Crippen molar-refractivity contribution < 1.29 is 14.0 Å². The fourth-order valence-corrected chi connectivity index (χ4v) is 2.23. The second kappa shape index (κ2) is 4.48. The molecule has 0 bridgehead atoms. The molecule has 2 aromatic heterocycles. The van der Waals surface area contributed by atoms with E-state index >= 15 is 0 Å². The van der Waals surface area contributed by atoms with Crippen molar-refractivity contribution in [3.05, 3.63) is 36.8 Å². The number of fused-ring (bicyclic) bond motifs is 1. The summed E-state index contributed by atoms with van der Waals surface area (Å²) in [5.74, 6) is 1.59. The van der Waals surface area contributed by atoms with Crippen LogP contribution in [0.2, 0.25) is 0 Å². The van der Waals surface area contributed by atoms with E-state index in [0.717, 1.165) is 5.56 Å². The van der Waals surface area contributed by atoms with Gasteiger partial charge in [0.2, 0.25) is 12.7 Å². The van der Waals surface area contributed by atoms with Gasteiger partial charge in [0.1, 0.15) is 12.0 Å². The summed E-state index contributed by atoms with van der Waals surface area (Å²) in [6.07, 6.45) is 3.09. The highest BCUT2D eigenvalue weighted by molar-refractivity contribution is 5.85. The molecular weight excluding hydrogens is 272 g/mol. The molecule has 0 saturated carbocycles. The lowest BCUT2D eigenvalue weighted by Crippen LogP contribution is -1.93. The minimum Gasteiger partial charge on any atom is -0.454 e. The van der Waals surface area contributed by atoms with Crippen molar-refractivity contribution in [2.45, 2.75) is 0 Å². The van der Waals surface area contributed by atoms with Crippen LogP contribution in [-0.2, 0) is 0 Å². The molecule has 21 heavy (non-hydrogen) atoms. The molecule has 0 saturated heterocycles. The molecule has 0 aliphatic carbocycles. The molecule has 2 N–H and O–H groups in total. The predicted molar refractivity (Wildman–Crippen MR) is 73.5 cm³/mol. The average Bonchev–Trinajstić information content (AvgIpc) is 3.13. The number of anilines is 1. The first-order chi connectivity index (χ1) is 10.3. The monoisotopic (exact) mass is 282 g/mol. The molecule has 1 aliphatic rings. The molecule has 7 heteroatoms. The molecule has 7 nitrogen and oxygen atoms in total. The van der Waals surface area contributed by atoms with Crippen molar-refractivity contribution in [2.24, 2.45) is 0 Å². The van der Waals surface area contributed by atoms with Crippen molar-refractivity contribution >= 4 is 5.88 Å². The van der Waals surface area contributed by atoms with Gasteiger partial charge in [0.15, 0.2) is 11.5 Å². The summed E-state index contributed by atoms with van der Waals surface area (Å²) in [7, 11) is 0. The Balaban J connectivity index is 1.87. The maximum atomic E-state index is 5.88. The number of nitrogen functional groups attached to an aromatic ring is 1. The van der Waals surface area contributed by atoms with Crippen molar-refractivity contribution in [1.29, 1.82) is 0 Å². The number of ether oxygens (including phenoxy) is 2. The Labute approximate surface area is 119 Å². The molecule has 3 heterocycles. The van der Waals surface area contributed by atoms with E-state index in [-0.39, 0.29) is 12.7 Å². The highest BCUT2D eigenvalue weighted by atomic mass is 16.7. The third kappa shape index (κ3) is 1.86. The number of rotatable bonds is 2. The first-order valence-electron chi connectivity index (χ1n) is 6.24. The van der Waals surface area contributed by atoms with Gasteiger partial charge in [-0.1, -0.05) is 5.16 Å². The van der Waals surface area contributed by atoms with Gasteiger partial charge in [-0.2, -0.15) is 0 Å². The zero-order valence-corrected chi connectivity index (χ0v) is 10.8. The Bertz CT molecular complexity index is 801. The van der Waals surface area contributed by atoms with Gasteiger partial charge in [0, 0.05) is 11.8 Å². The van der Waals surface area contributed by atoms with Gasteiger partial charge in [-0.15, -0.1) is 0 Å². The molecule has 0 amide bonds. The van der Waals surface area contributed by atoms with Crippen molar-refractivity contribution in [3.8, 4) is 34.0 Å². The van der Waals surface area contributed by atoms with E-state index in [1.807, 2.05) is 18.2 Å². The summed E-state index contributed by atoms with van der Waals surface area (Å²) in [5, 5.41) is 4.03. The molecule has 0 radical (unpaired) electrons. The third-order valence-corrected chi connectivity index (χ3v) is 3.20. The topological polar surface area (TPSA) is 96.3 Å². The number of nitrogens with two attached hydrogens (primary N) is 1. The SMILES string of the molecule is Nc1onc(-c2ccc3c(c2)OCO3)c1-c1ccncn1. The average molecular weight is 282 g/mol. The molecule has 1 aliphatic heterocycles. The van der Waals surface area contributed by atoms with E-state index in [9.17, 15) is 0 Å². The summed E-state index contributed by atoms with van der Waals surface area (Å²) < 4.78 is 15.8. The number of nitrogens with zero attached hydrogens (tertiary/aromatic N) is 3. The van der Waals surface area contributed by atoms with Crippen LogP contribution >= 0.6 is 0 Å². The van der Waals surface area contributed by atoms with Gasteiger partial charge in [0.05, 0.1) is 11.3 Å². The second-order valence-corrected chi connectivity index (χ2v) is 4.43. The number of hydrogen-bond donors (Lipinski definition) is 1. The summed E-state index contributed by atoms with van der Waals surface area (Å²) in [5.41, 5.74) is 8.58. The molecule has 0 spiro atoms. The molecule has 1 aromatic carbocycles. The van der Waals surface area contributed by atoms with Gasteiger partial charge in [-0.3, -0.25) is 0 Å². The predicted octanol–water partition coefficient (Wildman–Crippen LogP) is 2.11. The standard InChI is InChI=1S/C14H10N4O3/c15-14-12(9-3-4-16-6-17-9)13(18-21-14)8-1-2-10-11(5-8)20-7-19-10/h1-6H,7,15H2. The molecule has 4 rings (SSSR count). The minimum atomic E-state index is 0.210. The molecule has 104 valence electrons. The van der Waals surface area contributed by atoms with Crippen molar-refractivity contribution in [3.63, 3.8) is 0 Å². The number of aromatic nitrogens is 3. The zero-order chi connectivity index (χ0) is 14.2. The molecule has 0 fully saturated rings. The largest absolute Gasteiger partial charge is 0.454 e. The van der Waals surface area contributed by atoms with Crippen molar-refractivity contribution in [1.82, 2.24) is 15.1 Å². The van der Waals surface area contributed by atoms with E-state index in [1.165, 1.54) is 6.33 Å².